The quantitative estimate of drug-likeness (QED) is 0.833. The van der Waals surface area contributed by atoms with Crippen LogP contribution in [0, 0.1) is 6.92 Å². The molecule has 2 aromatic rings. The zero-order chi connectivity index (χ0) is 13.1. The van der Waals surface area contributed by atoms with E-state index in [0.717, 1.165) is 16.8 Å². The monoisotopic (exact) mass is 326 g/mol. The Morgan fingerprint density at radius 1 is 1.39 bits per heavy atom. The van der Waals surface area contributed by atoms with Gasteiger partial charge in [-0.3, -0.25) is 0 Å². The molecular formula is C13H12BrClN2O. The number of pyridine rings is 1. The first-order valence-electron chi connectivity index (χ1n) is 5.39. The van der Waals surface area contributed by atoms with Crippen molar-refractivity contribution in [1.29, 1.82) is 0 Å². The standard InChI is InChI=1S/C13H12BrClN2O/c1-8-4-10(7-17-13(8)15)16-6-9-2-3-12(18)11(14)5-9/h2-5,7,16,18H,6H2,1H3. The SMILES string of the molecule is Cc1cc(NCc2ccc(O)c(Br)c2)cnc1Cl. The van der Waals surface area contributed by atoms with Crippen molar-refractivity contribution in [1.82, 2.24) is 4.98 Å². The van der Waals surface area contributed by atoms with Crippen LogP contribution in [0.25, 0.3) is 0 Å². The largest absolute Gasteiger partial charge is 0.507 e. The highest BCUT2D eigenvalue weighted by atomic mass is 79.9. The first-order chi connectivity index (χ1) is 8.56. The number of rotatable bonds is 3. The number of phenolic OH excluding ortho intramolecular Hbond substituents is 1. The maximum atomic E-state index is 9.40. The van der Waals surface area contributed by atoms with E-state index in [-0.39, 0.29) is 5.75 Å². The van der Waals surface area contributed by atoms with Gasteiger partial charge >= 0.3 is 0 Å². The fraction of sp³-hybridized carbons (Fsp3) is 0.154. The molecular weight excluding hydrogens is 316 g/mol. The Morgan fingerprint density at radius 3 is 2.83 bits per heavy atom. The Bertz CT molecular complexity index is 523. The summed E-state index contributed by atoms with van der Waals surface area (Å²) < 4.78 is 0.687. The van der Waals surface area contributed by atoms with Crippen molar-refractivity contribution in [3.8, 4) is 5.75 Å². The van der Waals surface area contributed by atoms with E-state index in [1.165, 1.54) is 0 Å². The van der Waals surface area contributed by atoms with Gasteiger partial charge in [0, 0.05) is 6.54 Å². The molecule has 2 rings (SSSR count). The summed E-state index contributed by atoms with van der Waals surface area (Å²) in [5.41, 5.74) is 2.92. The van der Waals surface area contributed by atoms with Crippen LogP contribution in [0.15, 0.2) is 34.9 Å². The van der Waals surface area contributed by atoms with E-state index < -0.39 is 0 Å². The summed E-state index contributed by atoms with van der Waals surface area (Å²) >= 11 is 9.15. The van der Waals surface area contributed by atoms with Crippen LogP contribution in [-0.4, -0.2) is 10.1 Å². The van der Waals surface area contributed by atoms with Crippen LogP contribution in [0.5, 0.6) is 5.75 Å². The van der Waals surface area contributed by atoms with Gasteiger partial charge in [0.05, 0.1) is 16.4 Å². The zero-order valence-electron chi connectivity index (χ0n) is 9.74. The second-order valence-corrected chi connectivity index (χ2v) is 5.18. The Kier molecular flexibility index (Phi) is 4.09. The number of benzene rings is 1. The first kappa shape index (κ1) is 13.2. The van der Waals surface area contributed by atoms with Gasteiger partial charge in [-0.15, -0.1) is 0 Å². The molecule has 1 aromatic heterocycles. The molecule has 5 heteroatoms. The van der Waals surface area contributed by atoms with Crippen LogP contribution in [0.1, 0.15) is 11.1 Å². The zero-order valence-corrected chi connectivity index (χ0v) is 12.1. The van der Waals surface area contributed by atoms with Crippen LogP contribution >= 0.6 is 27.5 Å². The Morgan fingerprint density at radius 2 is 2.17 bits per heavy atom. The lowest BCUT2D eigenvalue weighted by Crippen LogP contribution is -2.00. The number of halogens is 2. The Hall–Kier alpha value is -1.26. The van der Waals surface area contributed by atoms with E-state index in [1.807, 2.05) is 25.1 Å². The molecule has 1 aromatic carbocycles. The van der Waals surface area contributed by atoms with Crippen molar-refractivity contribution < 1.29 is 5.11 Å². The molecule has 0 radical (unpaired) electrons. The normalized spacial score (nSPS) is 10.4. The number of nitrogens with zero attached hydrogens (tertiary/aromatic N) is 1. The van der Waals surface area contributed by atoms with Crippen molar-refractivity contribution in [2.75, 3.05) is 5.32 Å². The summed E-state index contributed by atoms with van der Waals surface area (Å²) in [6.45, 7) is 2.57. The number of aromatic hydroxyl groups is 1. The minimum atomic E-state index is 0.239. The van der Waals surface area contributed by atoms with Gasteiger partial charge in [-0.1, -0.05) is 17.7 Å². The van der Waals surface area contributed by atoms with E-state index in [4.69, 9.17) is 11.6 Å². The minimum absolute atomic E-state index is 0.239. The molecule has 0 aliphatic carbocycles. The molecule has 0 spiro atoms. The highest BCUT2D eigenvalue weighted by Gasteiger charge is 2.01. The molecule has 0 saturated heterocycles. The fourth-order valence-corrected chi connectivity index (χ4v) is 2.05. The lowest BCUT2D eigenvalue weighted by atomic mass is 10.2. The third kappa shape index (κ3) is 3.15. The molecule has 0 unspecified atom stereocenters. The smallest absolute Gasteiger partial charge is 0.132 e. The van der Waals surface area contributed by atoms with Gasteiger partial charge in [0.1, 0.15) is 10.9 Å². The molecule has 3 nitrogen and oxygen atoms in total. The predicted molar refractivity (Wildman–Crippen MR) is 77.1 cm³/mol. The van der Waals surface area contributed by atoms with Crippen LogP contribution in [-0.2, 0) is 6.54 Å². The molecule has 0 aliphatic rings. The number of hydrogen-bond donors (Lipinski definition) is 2. The maximum Gasteiger partial charge on any atom is 0.132 e. The van der Waals surface area contributed by atoms with Crippen LogP contribution in [0.3, 0.4) is 0 Å². The van der Waals surface area contributed by atoms with E-state index >= 15 is 0 Å². The van der Waals surface area contributed by atoms with E-state index in [9.17, 15) is 5.11 Å². The molecule has 0 saturated carbocycles. The summed E-state index contributed by atoms with van der Waals surface area (Å²) in [5, 5.41) is 13.2. The van der Waals surface area contributed by atoms with Crippen molar-refractivity contribution >= 4 is 33.2 Å². The van der Waals surface area contributed by atoms with E-state index in [1.54, 1.807) is 12.3 Å². The van der Waals surface area contributed by atoms with Gasteiger partial charge in [0.2, 0.25) is 0 Å². The van der Waals surface area contributed by atoms with Gasteiger partial charge in [0.25, 0.3) is 0 Å². The summed E-state index contributed by atoms with van der Waals surface area (Å²) in [6.07, 6.45) is 1.70. The van der Waals surface area contributed by atoms with Crippen LogP contribution in [0.4, 0.5) is 5.69 Å². The van der Waals surface area contributed by atoms with Gasteiger partial charge in [-0.05, 0) is 52.2 Å². The molecule has 0 aliphatic heterocycles. The fourth-order valence-electron chi connectivity index (χ4n) is 1.52. The van der Waals surface area contributed by atoms with Crippen LogP contribution < -0.4 is 5.32 Å². The Labute approximate surface area is 119 Å². The minimum Gasteiger partial charge on any atom is -0.507 e. The second-order valence-electron chi connectivity index (χ2n) is 3.97. The first-order valence-corrected chi connectivity index (χ1v) is 6.57. The molecule has 0 amide bonds. The van der Waals surface area contributed by atoms with Gasteiger partial charge in [0.15, 0.2) is 0 Å². The molecule has 18 heavy (non-hydrogen) atoms. The third-order valence-electron chi connectivity index (χ3n) is 2.52. The van der Waals surface area contributed by atoms with E-state index in [0.29, 0.717) is 16.2 Å². The molecule has 0 fully saturated rings. The van der Waals surface area contributed by atoms with Gasteiger partial charge < -0.3 is 10.4 Å². The summed E-state index contributed by atoms with van der Waals surface area (Å²) in [7, 11) is 0. The number of aryl methyl sites for hydroxylation is 1. The van der Waals surface area contributed by atoms with Crippen molar-refractivity contribution in [2.45, 2.75) is 13.5 Å². The van der Waals surface area contributed by atoms with Gasteiger partial charge in [-0.2, -0.15) is 0 Å². The number of aromatic nitrogens is 1. The summed E-state index contributed by atoms with van der Waals surface area (Å²) in [6, 6.07) is 7.35. The summed E-state index contributed by atoms with van der Waals surface area (Å²) in [4.78, 5) is 4.08. The third-order valence-corrected chi connectivity index (χ3v) is 3.55. The van der Waals surface area contributed by atoms with Crippen LogP contribution in [0.2, 0.25) is 5.15 Å². The summed E-state index contributed by atoms with van der Waals surface area (Å²) in [5.74, 6) is 0.239. The number of anilines is 1. The van der Waals surface area contributed by atoms with Gasteiger partial charge in [-0.25, -0.2) is 4.98 Å². The molecule has 94 valence electrons. The molecule has 1 heterocycles. The second kappa shape index (κ2) is 5.59. The lowest BCUT2D eigenvalue weighted by molar-refractivity contribution is 0.471. The van der Waals surface area contributed by atoms with Crippen molar-refractivity contribution in [3.63, 3.8) is 0 Å². The highest BCUT2D eigenvalue weighted by Crippen LogP contribution is 2.24. The number of hydrogen-bond acceptors (Lipinski definition) is 3. The highest BCUT2D eigenvalue weighted by molar-refractivity contribution is 9.10. The number of nitrogens with one attached hydrogen (secondary N) is 1. The molecule has 2 N–H and O–H groups in total. The average molecular weight is 328 g/mol. The lowest BCUT2D eigenvalue weighted by Gasteiger charge is -2.08. The Balaban J connectivity index is 2.06. The van der Waals surface area contributed by atoms with E-state index in [2.05, 4.69) is 26.2 Å². The molecule has 0 bridgehead atoms. The average Bonchev–Trinajstić information content (AvgIpc) is 2.35. The van der Waals surface area contributed by atoms with Crippen molar-refractivity contribution in [3.05, 3.63) is 51.2 Å². The van der Waals surface area contributed by atoms with Crippen molar-refractivity contribution in [2.24, 2.45) is 0 Å². The molecule has 0 atom stereocenters. The predicted octanol–water partition coefficient (Wildman–Crippen LogP) is 4.12. The topological polar surface area (TPSA) is 45.1 Å². The maximum absolute atomic E-state index is 9.40. The number of phenols is 1.